The Bertz CT molecular complexity index is 1200. The molecule has 0 fully saturated rings. The zero-order chi connectivity index (χ0) is 19.8. The minimum atomic E-state index is -0.306. The molecule has 0 aliphatic rings. The van der Waals surface area contributed by atoms with E-state index in [0.717, 1.165) is 22.2 Å². The van der Waals surface area contributed by atoms with Crippen LogP contribution in [0.2, 0.25) is 10.0 Å². The number of aryl methyl sites for hydroxylation is 1. The van der Waals surface area contributed by atoms with E-state index in [4.69, 9.17) is 28.9 Å². The first-order chi connectivity index (χ1) is 13.4. The number of nitrogens with zero attached hydrogens (tertiary/aromatic N) is 1. The molecule has 2 heterocycles. The summed E-state index contributed by atoms with van der Waals surface area (Å²) in [5.41, 5.74) is 9.93. The number of fused-ring (bicyclic) bond motifs is 1. The molecule has 0 aliphatic heterocycles. The third kappa shape index (κ3) is 3.56. The maximum absolute atomic E-state index is 12.8. The minimum absolute atomic E-state index is 0.306. The molecular formula is C21H15Cl2N3OS. The smallest absolute Gasteiger partial charge is 0.267 e. The van der Waals surface area contributed by atoms with E-state index in [1.54, 1.807) is 12.1 Å². The van der Waals surface area contributed by atoms with Crippen molar-refractivity contribution in [3.8, 4) is 11.3 Å². The summed E-state index contributed by atoms with van der Waals surface area (Å²) in [5.74, 6) is -0.306. The molecular weight excluding hydrogens is 413 g/mol. The quantitative estimate of drug-likeness (QED) is 0.396. The maximum Gasteiger partial charge on any atom is 0.267 e. The number of nitrogens with two attached hydrogens (primary N) is 1. The first kappa shape index (κ1) is 18.7. The van der Waals surface area contributed by atoms with Gasteiger partial charge in [0.25, 0.3) is 5.91 Å². The Morgan fingerprint density at radius 2 is 1.82 bits per heavy atom. The van der Waals surface area contributed by atoms with Crippen molar-refractivity contribution in [1.82, 2.24) is 4.98 Å². The molecule has 140 valence electrons. The molecule has 28 heavy (non-hydrogen) atoms. The number of nitrogens with one attached hydrogen (secondary N) is 1. The number of carbonyl (C=O) groups is 1. The lowest BCUT2D eigenvalue weighted by molar-refractivity contribution is 0.103. The molecule has 0 saturated carbocycles. The van der Waals surface area contributed by atoms with Crippen LogP contribution in [0, 0.1) is 6.92 Å². The van der Waals surface area contributed by atoms with Crippen LogP contribution in [0.4, 0.5) is 11.4 Å². The summed E-state index contributed by atoms with van der Waals surface area (Å²) in [6, 6.07) is 16.7. The molecule has 0 unspecified atom stereocenters. The maximum atomic E-state index is 12.8. The van der Waals surface area contributed by atoms with Gasteiger partial charge >= 0.3 is 0 Å². The SMILES string of the molecule is Cc1ccc(NC(=O)c2sc3nc(-c4ccc(Cl)cc4)ccc3c2N)c(Cl)c1. The van der Waals surface area contributed by atoms with Crippen molar-refractivity contribution in [3.63, 3.8) is 0 Å². The summed E-state index contributed by atoms with van der Waals surface area (Å²) in [5, 5.41) is 4.73. The van der Waals surface area contributed by atoms with Crippen molar-refractivity contribution in [3.05, 3.63) is 75.1 Å². The van der Waals surface area contributed by atoms with Crippen LogP contribution in [0.3, 0.4) is 0 Å². The van der Waals surface area contributed by atoms with Crippen LogP contribution in [0.1, 0.15) is 15.2 Å². The number of thiophene rings is 1. The molecule has 2 aromatic carbocycles. The Labute approximate surface area is 175 Å². The highest BCUT2D eigenvalue weighted by Crippen LogP contribution is 2.35. The number of carbonyl (C=O) groups excluding carboxylic acids is 1. The number of amides is 1. The Kier molecular flexibility index (Phi) is 4.98. The van der Waals surface area contributed by atoms with E-state index < -0.39 is 0 Å². The van der Waals surface area contributed by atoms with Crippen molar-refractivity contribution in [1.29, 1.82) is 0 Å². The third-order valence-corrected chi connectivity index (χ3v) is 5.99. The number of halogens is 2. The second-order valence-corrected chi connectivity index (χ2v) is 8.18. The van der Waals surface area contributed by atoms with Gasteiger partial charge in [0.1, 0.15) is 9.71 Å². The predicted molar refractivity (Wildman–Crippen MR) is 119 cm³/mol. The lowest BCUT2D eigenvalue weighted by Gasteiger charge is -2.07. The van der Waals surface area contributed by atoms with Crippen LogP contribution in [-0.2, 0) is 0 Å². The molecule has 4 aromatic rings. The molecule has 2 aromatic heterocycles. The lowest BCUT2D eigenvalue weighted by atomic mass is 10.1. The van der Waals surface area contributed by atoms with Crippen LogP contribution >= 0.6 is 34.5 Å². The number of hydrogen-bond donors (Lipinski definition) is 2. The van der Waals surface area contributed by atoms with Gasteiger partial charge in [-0.3, -0.25) is 4.79 Å². The Morgan fingerprint density at radius 3 is 2.54 bits per heavy atom. The van der Waals surface area contributed by atoms with Gasteiger partial charge in [-0.2, -0.15) is 0 Å². The fourth-order valence-electron chi connectivity index (χ4n) is 2.85. The highest BCUT2D eigenvalue weighted by atomic mass is 35.5. The largest absolute Gasteiger partial charge is 0.397 e. The van der Waals surface area contributed by atoms with Gasteiger partial charge in [0.2, 0.25) is 0 Å². The molecule has 4 rings (SSSR count). The first-order valence-electron chi connectivity index (χ1n) is 8.45. The molecule has 1 amide bonds. The predicted octanol–water partition coefficient (Wildman–Crippen LogP) is 6.41. The fourth-order valence-corrected chi connectivity index (χ4v) is 4.25. The van der Waals surface area contributed by atoms with Crippen LogP contribution in [0.25, 0.3) is 21.5 Å². The fraction of sp³-hybridized carbons (Fsp3) is 0.0476. The van der Waals surface area contributed by atoms with Gasteiger partial charge in [0.15, 0.2) is 0 Å². The van der Waals surface area contributed by atoms with Gasteiger partial charge in [0, 0.05) is 16.0 Å². The van der Waals surface area contributed by atoms with E-state index in [1.807, 2.05) is 49.4 Å². The van der Waals surface area contributed by atoms with Gasteiger partial charge < -0.3 is 11.1 Å². The van der Waals surface area contributed by atoms with Gasteiger partial charge in [-0.25, -0.2) is 4.98 Å². The summed E-state index contributed by atoms with van der Waals surface area (Å²) in [6.07, 6.45) is 0. The molecule has 4 nitrogen and oxygen atoms in total. The average molecular weight is 428 g/mol. The zero-order valence-corrected chi connectivity index (χ0v) is 17.1. The Hall–Kier alpha value is -2.60. The molecule has 3 N–H and O–H groups in total. The van der Waals surface area contributed by atoms with E-state index in [9.17, 15) is 4.79 Å². The number of nitrogen functional groups attached to an aromatic ring is 1. The molecule has 0 aliphatic carbocycles. The minimum Gasteiger partial charge on any atom is -0.397 e. The number of rotatable bonds is 3. The number of hydrogen-bond acceptors (Lipinski definition) is 4. The lowest BCUT2D eigenvalue weighted by Crippen LogP contribution is -2.12. The topological polar surface area (TPSA) is 68.0 Å². The van der Waals surface area contributed by atoms with E-state index in [2.05, 4.69) is 10.3 Å². The second kappa shape index (κ2) is 7.43. The average Bonchev–Trinajstić information content (AvgIpc) is 3.01. The Balaban J connectivity index is 1.68. The Morgan fingerprint density at radius 1 is 1.07 bits per heavy atom. The van der Waals surface area contributed by atoms with Gasteiger partial charge in [-0.15, -0.1) is 11.3 Å². The van der Waals surface area contributed by atoms with Gasteiger partial charge in [-0.05, 0) is 48.9 Å². The zero-order valence-electron chi connectivity index (χ0n) is 14.8. The van der Waals surface area contributed by atoms with Gasteiger partial charge in [0.05, 0.1) is 22.1 Å². The number of pyridine rings is 1. The van der Waals surface area contributed by atoms with Crippen molar-refractivity contribution in [2.45, 2.75) is 6.92 Å². The number of benzene rings is 2. The van der Waals surface area contributed by atoms with Crippen molar-refractivity contribution in [2.75, 3.05) is 11.1 Å². The summed E-state index contributed by atoms with van der Waals surface area (Å²) in [4.78, 5) is 18.5. The summed E-state index contributed by atoms with van der Waals surface area (Å²) >= 11 is 13.4. The van der Waals surface area contributed by atoms with Crippen LogP contribution in [0.15, 0.2) is 54.6 Å². The van der Waals surface area contributed by atoms with Crippen molar-refractivity contribution < 1.29 is 4.79 Å². The van der Waals surface area contributed by atoms with Crippen LogP contribution in [0.5, 0.6) is 0 Å². The van der Waals surface area contributed by atoms with Gasteiger partial charge in [-0.1, -0.05) is 41.4 Å². The highest BCUT2D eigenvalue weighted by molar-refractivity contribution is 7.21. The standard InChI is InChI=1S/C21H15Cl2N3OS/c1-11-2-8-17(15(23)10-11)25-20(27)19-18(24)14-7-9-16(26-21(14)28-19)12-3-5-13(22)6-4-12/h2-10H,24H2,1H3,(H,25,27). The summed E-state index contributed by atoms with van der Waals surface area (Å²) in [6.45, 7) is 1.94. The normalized spacial score (nSPS) is 11.0. The van der Waals surface area contributed by atoms with E-state index >= 15 is 0 Å². The summed E-state index contributed by atoms with van der Waals surface area (Å²) < 4.78 is 0. The summed E-state index contributed by atoms with van der Waals surface area (Å²) in [7, 11) is 0. The number of anilines is 2. The van der Waals surface area contributed by atoms with E-state index in [1.165, 1.54) is 11.3 Å². The molecule has 7 heteroatoms. The molecule has 0 saturated heterocycles. The van der Waals surface area contributed by atoms with Crippen molar-refractivity contribution >= 4 is 62.0 Å². The van der Waals surface area contributed by atoms with Crippen LogP contribution in [-0.4, -0.2) is 10.9 Å². The van der Waals surface area contributed by atoms with E-state index in [0.29, 0.717) is 31.1 Å². The molecule has 0 radical (unpaired) electrons. The molecule has 0 spiro atoms. The first-order valence-corrected chi connectivity index (χ1v) is 10.0. The monoisotopic (exact) mass is 427 g/mol. The molecule has 0 atom stereocenters. The second-order valence-electron chi connectivity index (χ2n) is 6.34. The van der Waals surface area contributed by atoms with Crippen LogP contribution < -0.4 is 11.1 Å². The number of aromatic nitrogens is 1. The van der Waals surface area contributed by atoms with Crippen molar-refractivity contribution in [2.24, 2.45) is 0 Å². The third-order valence-electron chi connectivity index (χ3n) is 4.31. The highest BCUT2D eigenvalue weighted by Gasteiger charge is 2.18. The molecule has 0 bridgehead atoms. The van der Waals surface area contributed by atoms with E-state index in [-0.39, 0.29) is 5.91 Å².